The second-order valence-corrected chi connectivity index (χ2v) is 5.77. The maximum atomic E-state index is 5.81. The third-order valence-electron chi connectivity index (χ3n) is 3.82. The molecule has 0 aromatic carbocycles. The summed E-state index contributed by atoms with van der Waals surface area (Å²) in [6.07, 6.45) is 4.81. The lowest BCUT2D eigenvalue weighted by atomic mass is 10.0. The highest BCUT2D eigenvalue weighted by molar-refractivity contribution is 4.76. The van der Waals surface area contributed by atoms with Crippen molar-refractivity contribution in [2.45, 2.75) is 51.2 Å². The number of hydrogen-bond donors (Lipinski definition) is 1. The number of methoxy groups -OCH3 is 1. The van der Waals surface area contributed by atoms with E-state index < -0.39 is 0 Å². The van der Waals surface area contributed by atoms with Gasteiger partial charge < -0.3 is 20.1 Å². The Morgan fingerprint density at radius 3 is 2.50 bits per heavy atom. The van der Waals surface area contributed by atoms with E-state index in [1.54, 1.807) is 7.11 Å². The molecule has 1 rings (SSSR count). The van der Waals surface area contributed by atoms with Crippen molar-refractivity contribution < 1.29 is 9.47 Å². The van der Waals surface area contributed by atoms with Crippen LogP contribution in [0, 0.1) is 0 Å². The Bertz CT molecular complexity index is 214. The smallest absolute Gasteiger partial charge is 0.0634 e. The molecule has 0 bridgehead atoms. The van der Waals surface area contributed by atoms with Crippen molar-refractivity contribution in [1.82, 2.24) is 4.90 Å². The van der Waals surface area contributed by atoms with E-state index in [9.17, 15) is 0 Å². The summed E-state index contributed by atoms with van der Waals surface area (Å²) in [7, 11) is 1.79. The molecule has 0 aliphatic carbocycles. The van der Waals surface area contributed by atoms with Gasteiger partial charge in [-0.1, -0.05) is 0 Å². The molecular formula is C14H30N2O2. The summed E-state index contributed by atoms with van der Waals surface area (Å²) in [5.41, 5.74) is 5.45. The molecule has 0 saturated carbocycles. The molecule has 1 aliphatic rings. The minimum absolute atomic E-state index is 0.00548. The highest BCUT2D eigenvalue weighted by Crippen LogP contribution is 2.18. The fraction of sp³-hybridized carbons (Fsp3) is 1.00. The number of ether oxygens (including phenoxy) is 2. The van der Waals surface area contributed by atoms with Crippen LogP contribution in [0.1, 0.15) is 39.5 Å². The number of hydrogen-bond acceptors (Lipinski definition) is 4. The summed E-state index contributed by atoms with van der Waals surface area (Å²) < 4.78 is 11.3. The lowest BCUT2D eigenvalue weighted by Gasteiger charge is -2.34. The van der Waals surface area contributed by atoms with E-state index in [0.717, 1.165) is 58.5 Å². The van der Waals surface area contributed by atoms with E-state index in [1.807, 2.05) is 0 Å². The standard InChI is InChI=1S/C14H30N2O2/c1-14(2,17-3)7-11-16-9-5-13(6-10-16)18-12-4-8-15/h13H,4-12,15H2,1-3H3. The summed E-state index contributed by atoms with van der Waals surface area (Å²) in [5, 5.41) is 0. The van der Waals surface area contributed by atoms with Crippen LogP contribution < -0.4 is 5.73 Å². The molecule has 4 nitrogen and oxygen atoms in total. The molecule has 4 heteroatoms. The van der Waals surface area contributed by atoms with Crippen LogP contribution in [0.4, 0.5) is 0 Å². The van der Waals surface area contributed by atoms with Crippen molar-refractivity contribution >= 4 is 0 Å². The summed E-state index contributed by atoms with van der Waals surface area (Å²) in [4.78, 5) is 2.52. The molecular weight excluding hydrogens is 228 g/mol. The molecule has 2 N–H and O–H groups in total. The Hall–Kier alpha value is -0.160. The van der Waals surface area contributed by atoms with Crippen molar-refractivity contribution in [2.24, 2.45) is 5.73 Å². The van der Waals surface area contributed by atoms with Crippen LogP contribution >= 0.6 is 0 Å². The van der Waals surface area contributed by atoms with Gasteiger partial charge in [0.05, 0.1) is 11.7 Å². The van der Waals surface area contributed by atoms with E-state index >= 15 is 0 Å². The highest BCUT2D eigenvalue weighted by atomic mass is 16.5. The zero-order valence-electron chi connectivity index (χ0n) is 12.3. The Balaban J connectivity index is 2.11. The number of rotatable bonds is 8. The van der Waals surface area contributed by atoms with Crippen molar-refractivity contribution in [3.8, 4) is 0 Å². The van der Waals surface area contributed by atoms with E-state index in [0.29, 0.717) is 6.10 Å². The van der Waals surface area contributed by atoms with Crippen molar-refractivity contribution in [2.75, 3.05) is 39.9 Å². The fourth-order valence-corrected chi connectivity index (χ4v) is 2.16. The molecule has 0 aromatic heterocycles. The maximum Gasteiger partial charge on any atom is 0.0634 e. The topological polar surface area (TPSA) is 47.7 Å². The van der Waals surface area contributed by atoms with Gasteiger partial charge in [-0.2, -0.15) is 0 Å². The maximum absolute atomic E-state index is 5.81. The van der Waals surface area contributed by atoms with Gasteiger partial charge in [0.25, 0.3) is 0 Å². The summed E-state index contributed by atoms with van der Waals surface area (Å²) in [6, 6.07) is 0. The monoisotopic (exact) mass is 258 g/mol. The van der Waals surface area contributed by atoms with Gasteiger partial charge >= 0.3 is 0 Å². The van der Waals surface area contributed by atoms with Crippen molar-refractivity contribution in [3.05, 3.63) is 0 Å². The van der Waals surface area contributed by atoms with Crippen LogP contribution in [-0.4, -0.2) is 56.5 Å². The number of nitrogens with two attached hydrogens (primary N) is 1. The molecule has 0 spiro atoms. The van der Waals surface area contributed by atoms with Gasteiger partial charge in [0.1, 0.15) is 0 Å². The van der Waals surface area contributed by atoms with E-state index in [-0.39, 0.29) is 5.60 Å². The van der Waals surface area contributed by atoms with Crippen LogP contribution in [0.5, 0.6) is 0 Å². The Morgan fingerprint density at radius 2 is 1.94 bits per heavy atom. The number of piperidine rings is 1. The van der Waals surface area contributed by atoms with E-state index in [1.165, 1.54) is 0 Å². The first-order valence-corrected chi connectivity index (χ1v) is 7.16. The Kier molecular flexibility index (Phi) is 7.15. The third kappa shape index (κ3) is 6.14. The predicted molar refractivity (Wildman–Crippen MR) is 74.8 cm³/mol. The average Bonchev–Trinajstić information content (AvgIpc) is 2.38. The quantitative estimate of drug-likeness (QED) is 0.672. The zero-order chi connectivity index (χ0) is 13.4. The molecule has 1 saturated heterocycles. The first kappa shape index (κ1) is 15.9. The minimum Gasteiger partial charge on any atom is -0.379 e. The summed E-state index contributed by atoms with van der Waals surface area (Å²) >= 11 is 0. The fourth-order valence-electron chi connectivity index (χ4n) is 2.16. The molecule has 0 radical (unpaired) electrons. The van der Waals surface area contributed by atoms with Gasteiger partial charge in [-0.05, 0) is 46.1 Å². The van der Waals surface area contributed by atoms with Crippen LogP contribution in [0.2, 0.25) is 0 Å². The predicted octanol–water partition coefficient (Wildman–Crippen LogP) is 1.63. The first-order valence-electron chi connectivity index (χ1n) is 7.16. The van der Waals surface area contributed by atoms with Crippen LogP contribution in [-0.2, 0) is 9.47 Å². The van der Waals surface area contributed by atoms with Crippen molar-refractivity contribution in [1.29, 1.82) is 0 Å². The lowest BCUT2D eigenvalue weighted by molar-refractivity contribution is -0.0123. The molecule has 0 atom stereocenters. The van der Waals surface area contributed by atoms with Gasteiger partial charge in [-0.15, -0.1) is 0 Å². The zero-order valence-corrected chi connectivity index (χ0v) is 12.3. The Morgan fingerprint density at radius 1 is 1.28 bits per heavy atom. The SMILES string of the molecule is COC(C)(C)CCN1CCC(OCCCN)CC1. The molecule has 0 amide bonds. The molecule has 1 heterocycles. The molecule has 0 aromatic rings. The van der Waals surface area contributed by atoms with Crippen LogP contribution in [0.25, 0.3) is 0 Å². The number of likely N-dealkylation sites (tertiary alicyclic amines) is 1. The lowest BCUT2D eigenvalue weighted by Crippen LogP contribution is -2.40. The van der Waals surface area contributed by atoms with Gasteiger partial charge in [0.15, 0.2) is 0 Å². The Labute approximate surface area is 112 Å². The first-order chi connectivity index (χ1) is 8.57. The molecule has 18 heavy (non-hydrogen) atoms. The van der Waals surface area contributed by atoms with Crippen LogP contribution in [0.15, 0.2) is 0 Å². The van der Waals surface area contributed by atoms with Crippen molar-refractivity contribution in [3.63, 3.8) is 0 Å². The molecule has 1 fully saturated rings. The average molecular weight is 258 g/mol. The van der Waals surface area contributed by atoms with Gasteiger partial charge in [-0.25, -0.2) is 0 Å². The number of nitrogens with zero attached hydrogens (tertiary/aromatic N) is 1. The van der Waals surface area contributed by atoms with Crippen LogP contribution in [0.3, 0.4) is 0 Å². The normalized spacial score (nSPS) is 19.3. The third-order valence-corrected chi connectivity index (χ3v) is 3.82. The molecule has 1 aliphatic heterocycles. The molecule has 0 unspecified atom stereocenters. The summed E-state index contributed by atoms with van der Waals surface area (Å²) in [5.74, 6) is 0. The second-order valence-electron chi connectivity index (χ2n) is 5.77. The largest absolute Gasteiger partial charge is 0.379 e. The van der Waals surface area contributed by atoms with E-state index in [2.05, 4.69) is 18.7 Å². The molecule has 108 valence electrons. The highest BCUT2D eigenvalue weighted by Gasteiger charge is 2.22. The van der Waals surface area contributed by atoms with Gasteiger partial charge in [-0.3, -0.25) is 0 Å². The van der Waals surface area contributed by atoms with E-state index in [4.69, 9.17) is 15.2 Å². The minimum atomic E-state index is -0.00548. The second kappa shape index (κ2) is 8.10. The van der Waals surface area contributed by atoms with Gasteiger partial charge in [0.2, 0.25) is 0 Å². The van der Waals surface area contributed by atoms with Gasteiger partial charge in [0, 0.05) is 33.4 Å². The summed E-state index contributed by atoms with van der Waals surface area (Å²) in [6.45, 7) is 9.25.